The molecule has 1 saturated carbocycles. The third kappa shape index (κ3) is 6.73. The van der Waals surface area contributed by atoms with E-state index in [1.807, 2.05) is 0 Å². The Balaban J connectivity index is 1.26. The number of hydrogen-bond acceptors (Lipinski definition) is 5. The van der Waals surface area contributed by atoms with E-state index in [-0.39, 0.29) is 56.4 Å². The summed E-state index contributed by atoms with van der Waals surface area (Å²) >= 11 is 0. The molecule has 0 bridgehead atoms. The van der Waals surface area contributed by atoms with Crippen molar-refractivity contribution in [2.24, 2.45) is 5.92 Å². The summed E-state index contributed by atoms with van der Waals surface area (Å²) in [5, 5.41) is 13.3. The fourth-order valence-electron chi connectivity index (χ4n) is 3.72. The quantitative estimate of drug-likeness (QED) is 0.441. The Morgan fingerprint density at radius 1 is 1.17 bits per heavy atom. The molecule has 0 spiro atoms. The van der Waals surface area contributed by atoms with Crippen LogP contribution in [-0.4, -0.2) is 48.3 Å². The number of aryl methyl sites for hydroxylation is 1. The van der Waals surface area contributed by atoms with Gasteiger partial charge in [-0.15, -0.1) is 0 Å². The van der Waals surface area contributed by atoms with Gasteiger partial charge in [-0.05, 0) is 23.6 Å². The second kappa shape index (κ2) is 9.58. The Bertz CT molecular complexity index is 1210. The number of halogens is 5. The van der Waals surface area contributed by atoms with E-state index >= 15 is 0 Å². The van der Waals surface area contributed by atoms with Gasteiger partial charge in [0.05, 0.1) is 31.1 Å². The van der Waals surface area contributed by atoms with Crippen molar-refractivity contribution in [1.29, 1.82) is 0 Å². The topological polar surface area (TPSA) is 106 Å². The Hall–Kier alpha value is -3.58. The zero-order valence-corrected chi connectivity index (χ0v) is 18.4. The van der Waals surface area contributed by atoms with Crippen molar-refractivity contribution >= 4 is 17.5 Å². The largest absolute Gasteiger partial charge is 0.390 e. The first-order valence-corrected chi connectivity index (χ1v) is 10.8. The molecule has 4 rings (SSSR count). The minimum atomic E-state index is -4.31. The molecule has 0 unspecified atom stereocenters. The van der Waals surface area contributed by atoms with Crippen LogP contribution in [0.1, 0.15) is 47.4 Å². The number of aromatic nitrogens is 5. The number of carbonyl (C=O) groups excluding carboxylic acids is 2. The molecule has 0 saturated heterocycles. The van der Waals surface area contributed by atoms with Crippen LogP contribution in [0.2, 0.25) is 0 Å². The molecule has 35 heavy (non-hydrogen) atoms. The van der Waals surface area contributed by atoms with E-state index in [1.165, 1.54) is 23.0 Å². The number of alkyl halides is 5. The van der Waals surface area contributed by atoms with Gasteiger partial charge in [0.15, 0.2) is 5.65 Å². The lowest BCUT2D eigenvalue weighted by atomic mass is 9.79. The molecule has 2 N–H and O–H groups in total. The van der Waals surface area contributed by atoms with E-state index in [2.05, 4.69) is 25.8 Å². The zero-order chi connectivity index (χ0) is 25.2. The summed E-state index contributed by atoms with van der Waals surface area (Å²) in [6, 6.07) is 3.02. The van der Waals surface area contributed by atoms with Gasteiger partial charge in [-0.2, -0.15) is 23.4 Å². The van der Waals surface area contributed by atoms with Crippen LogP contribution < -0.4 is 10.6 Å². The summed E-state index contributed by atoms with van der Waals surface area (Å²) in [6.45, 7) is -0.175. The highest BCUT2D eigenvalue weighted by Crippen LogP contribution is 2.43. The molecule has 188 valence electrons. The van der Waals surface area contributed by atoms with E-state index in [0.29, 0.717) is 16.9 Å². The first kappa shape index (κ1) is 24.5. The summed E-state index contributed by atoms with van der Waals surface area (Å²) in [7, 11) is 0. The van der Waals surface area contributed by atoms with Crippen molar-refractivity contribution < 1.29 is 31.5 Å². The minimum absolute atomic E-state index is 0.0160. The highest BCUT2D eigenvalue weighted by Gasteiger charge is 2.45. The Kier molecular flexibility index (Phi) is 6.72. The standard InChI is InChI=1S/C21H22F5N7O2/c22-20(23)7-13(8-20)6-18(34)27-9-14-5-17-30-15(12-33(17)29-10-14)11-28-19(35)16-1-3-32(31-16)4-2-21(24,25)26/h1,3,5,10,12-13H,2,4,6-9,11H2,(H,27,34)(H,28,35). The molecule has 1 aliphatic carbocycles. The highest BCUT2D eigenvalue weighted by molar-refractivity contribution is 5.92. The van der Waals surface area contributed by atoms with Gasteiger partial charge >= 0.3 is 6.18 Å². The van der Waals surface area contributed by atoms with Gasteiger partial charge in [-0.3, -0.25) is 14.3 Å². The van der Waals surface area contributed by atoms with Gasteiger partial charge in [-0.1, -0.05) is 0 Å². The van der Waals surface area contributed by atoms with Gasteiger partial charge in [0, 0.05) is 38.5 Å². The zero-order valence-electron chi connectivity index (χ0n) is 18.4. The average Bonchev–Trinajstić information content (AvgIpc) is 3.39. The molecule has 3 heterocycles. The van der Waals surface area contributed by atoms with Gasteiger partial charge in [-0.25, -0.2) is 18.3 Å². The van der Waals surface area contributed by atoms with Crippen LogP contribution in [0.5, 0.6) is 0 Å². The molecule has 0 atom stereocenters. The van der Waals surface area contributed by atoms with Gasteiger partial charge in [0.2, 0.25) is 11.8 Å². The maximum atomic E-state index is 12.9. The molecular weight excluding hydrogens is 477 g/mol. The van der Waals surface area contributed by atoms with E-state index in [9.17, 15) is 31.5 Å². The predicted molar refractivity (Wildman–Crippen MR) is 111 cm³/mol. The minimum Gasteiger partial charge on any atom is -0.352 e. The molecule has 0 aliphatic heterocycles. The number of imidazole rings is 1. The number of nitrogens with zero attached hydrogens (tertiary/aromatic N) is 5. The number of nitrogens with one attached hydrogen (secondary N) is 2. The molecule has 0 radical (unpaired) electrons. The van der Waals surface area contributed by atoms with Gasteiger partial charge in [0.1, 0.15) is 5.69 Å². The second-order valence-corrected chi connectivity index (χ2v) is 8.52. The van der Waals surface area contributed by atoms with Crippen LogP contribution in [0.4, 0.5) is 22.0 Å². The Morgan fingerprint density at radius 2 is 1.94 bits per heavy atom. The summed E-state index contributed by atoms with van der Waals surface area (Å²) in [5.74, 6) is -3.83. The number of carbonyl (C=O) groups is 2. The van der Waals surface area contributed by atoms with Crippen LogP contribution >= 0.6 is 0 Å². The Morgan fingerprint density at radius 3 is 2.66 bits per heavy atom. The van der Waals surface area contributed by atoms with E-state index in [0.717, 1.165) is 4.68 Å². The summed E-state index contributed by atoms with van der Waals surface area (Å²) in [6.07, 6.45) is -1.40. The predicted octanol–water partition coefficient (Wildman–Crippen LogP) is 2.86. The summed E-state index contributed by atoms with van der Waals surface area (Å²) < 4.78 is 65.2. The van der Waals surface area contributed by atoms with Crippen molar-refractivity contribution in [2.75, 3.05) is 0 Å². The maximum absolute atomic E-state index is 12.9. The number of rotatable bonds is 9. The molecule has 0 aromatic carbocycles. The third-order valence-electron chi connectivity index (χ3n) is 5.49. The fourth-order valence-corrected chi connectivity index (χ4v) is 3.72. The molecule has 3 aromatic rings. The van der Waals surface area contributed by atoms with Gasteiger partial charge < -0.3 is 10.6 Å². The molecule has 9 nitrogen and oxygen atoms in total. The normalized spacial score (nSPS) is 15.7. The van der Waals surface area contributed by atoms with Crippen molar-refractivity contribution in [3.8, 4) is 0 Å². The van der Waals surface area contributed by atoms with Crippen molar-refractivity contribution in [1.82, 2.24) is 35.0 Å². The van der Waals surface area contributed by atoms with E-state index < -0.39 is 24.4 Å². The van der Waals surface area contributed by atoms with Crippen molar-refractivity contribution in [3.63, 3.8) is 0 Å². The van der Waals surface area contributed by atoms with Crippen LogP contribution in [0.25, 0.3) is 5.65 Å². The molecule has 2 amide bonds. The monoisotopic (exact) mass is 499 g/mol. The molecule has 3 aromatic heterocycles. The molecule has 14 heteroatoms. The number of hydrogen-bond donors (Lipinski definition) is 2. The number of fused-ring (bicyclic) bond motifs is 1. The number of amides is 2. The van der Waals surface area contributed by atoms with Gasteiger partial charge in [0.25, 0.3) is 5.91 Å². The van der Waals surface area contributed by atoms with E-state index in [1.54, 1.807) is 12.3 Å². The lowest BCUT2D eigenvalue weighted by molar-refractivity contribution is -0.137. The van der Waals surface area contributed by atoms with Crippen LogP contribution in [-0.2, 0) is 24.4 Å². The lowest BCUT2D eigenvalue weighted by Gasteiger charge is -2.34. The smallest absolute Gasteiger partial charge is 0.352 e. The molecule has 1 aliphatic rings. The van der Waals surface area contributed by atoms with Crippen LogP contribution in [0, 0.1) is 5.92 Å². The van der Waals surface area contributed by atoms with E-state index in [4.69, 9.17) is 0 Å². The fraction of sp³-hybridized carbons (Fsp3) is 0.476. The van der Waals surface area contributed by atoms with Crippen LogP contribution in [0.3, 0.4) is 0 Å². The summed E-state index contributed by atoms with van der Waals surface area (Å²) in [4.78, 5) is 28.6. The van der Waals surface area contributed by atoms with Crippen molar-refractivity contribution in [3.05, 3.63) is 47.7 Å². The third-order valence-corrected chi connectivity index (χ3v) is 5.49. The first-order valence-electron chi connectivity index (χ1n) is 10.8. The van der Waals surface area contributed by atoms with Crippen LogP contribution in [0.15, 0.2) is 30.7 Å². The molecular formula is C21H22F5N7O2. The highest BCUT2D eigenvalue weighted by atomic mass is 19.4. The second-order valence-electron chi connectivity index (χ2n) is 8.52. The first-order chi connectivity index (χ1) is 16.5. The Labute approximate surface area is 195 Å². The SMILES string of the molecule is O=C(CC1CC(F)(F)C1)NCc1cnn2cc(CNC(=O)c3ccn(CCC(F)(F)F)n3)nc2c1. The lowest BCUT2D eigenvalue weighted by Crippen LogP contribution is -2.38. The maximum Gasteiger partial charge on any atom is 0.390 e. The van der Waals surface area contributed by atoms with Crippen molar-refractivity contribution in [2.45, 2.75) is 57.4 Å². The molecule has 1 fully saturated rings. The summed E-state index contributed by atoms with van der Waals surface area (Å²) in [5.41, 5.74) is 1.60. The average molecular weight is 499 g/mol.